The van der Waals surface area contributed by atoms with Gasteiger partial charge in [0.05, 0.1) is 11.6 Å². The summed E-state index contributed by atoms with van der Waals surface area (Å²) in [6, 6.07) is 12.0. The molecule has 2 aromatic rings. The first kappa shape index (κ1) is 18.8. The Kier molecular flexibility index (Phi) is 6.55. The number of carbonyl (C=O) groups is 1. The quantitative estimate of drug-likeness (QED) is 0.470. The number of terminal acetylenes is 1. The Balaban J connectivity index is 1.95. The van der Waals surface area contributed by atoms with Crippen LogP contribution in [0, 0.1) is 29.5 Å². The highest BCUT2D eigenvalue weighted by Crippen LogP contribution is 2.27. The molecule has 0 aromatic heterocycles. The van der Waals surface area contributed by atoms with Crippen LogP contribution in [0.1, 0.15) is 12.5 Å². The summed E-state index contributed by atoms with van der Waals surface area (Å²) < 4.78 is 24.7. The van der Waals surface area contributed by atoms with Crippen LogP contribution in [-0.4, -0.2) is 18.6 Å². The van der Waals surface area contributed by atoms with Crippen molar-refractivity contribution in [2.24, 2.45) is 0 Å². The van der Waals surface area contributed by atoms with Gasteiger partial charge in [-0.15, -0.1) is 6.42 Å². The van der Waals surface area contributed by atoms with Crippen LogP contribution in [0.2, 0.25) is 0 Å². The first-order valence-corrected chi connectivity index (χ1v) is 7.53. The average molecular weight is 354 g/mol. The highest BCUT2D eigenvalue weighted by Gasteiger charge is 2.14. The number of halogens is 1. The number of hydroxylamine groups is 1. The molecule has 26 heavy (non-hydrogen) atoms. The van der Waals surface area contributed by atoms with E-state index in [9.17, 15) is 9.18 Å². The van der Waals surface area contributed by atoms with Crippen molar-refractivity contribution in [2.75, 3.05) is 6.61 Å². The Morgan fingerprint density at radius 1 is 1.27 bits per heavy atom. The molecule has 0 radical (unpaired) electrons. The summed E-state index contributed by atoms with van der Waals surface area (Å²) >= 11 is 0. The largest absolute Gasteiger partial charge is 0.481 e. The molecule has 7 heteroatoms. The Labute approximate surface area is 150 Å². The predicted octanol–water partition coefficient (Wildman–Crippen LogP) is 2.94. The second-order valence-corrected chi connectivity index (χ2v) is 5.05. The van der Waals surface area contributed by atoms with E-state index in [2.05, 4.69) is 11.4 Å². The summed E-state index contributed by atoms with van der Waals surface area (Å²) in [5.74, 6) is 1.87. The Hall–Kier alpha value is -3.55. The van der Waals surface area contributed by atoms with E-state index in [1.807, 2.05) is 6.07 Å². The summed E-state index contributed by atoms with van der Waals surface area (Å²) in [6.07, 6.45) is 4.19. The van der Waals surface area contributed by atoms with Gasteiger partial charge in [0.1, 0.15) is 18.1 Å². The Bertz CT molecular complexity index is 853. The van der Waals surface area contributed by atoms with Gasteiger partial charge in [0.25, 0.3) is 5.91 Å². The lowest BCUT2D eigenvalue weighted by molar-refractivity contribution is -0.139. The first-order chi connectivity index (χ1) is 12.5. The molecule has 0 bridgehead atoms. The van der Waals surface area contributed by atoms with Gasteiger partial charge in [-0.2, -0.15) is 5.26 Å². The monoisotopic (exact) mass is 354 g/mol. The van der Waals surface area contributed by atoms with Crippen molar-refractivity contribution in [1.82, 2.24) is 5.48 Å². The standard InChI is InChI=1S/C19H15FN2O4/c1-3-10-24-22-19(23)13(2)25-15-5-7-16(8-6-15)26-18-9-4-14(12-21)11-17(18)20/h1,4-9,11,13H,10H2,2H3,(H,22,23)/t13-/m1/s1. The molecule has 1 N–H and O–H groups in total. The van der Waals surface area contributed by atoms with E-state index >= 15 is 0 Å². The summed E-state index contributed by atoms with van der Waals surface area (Å²) in [7, 11) is 0. The molecule has 1 atom stereocenters. The molecular formula is C19H15FN2O4. The fourth-order valence-corrected chi connectivity index (χ4v) is 1.86. The van der Waals surface area contributed by atoms with Crippen molar-refractivity contribution >= 4 is 5.91 Å². The minimum Gasteiger partial charge on any atom is -0.481 e. The normalized spacial score (nSPS) is 10.9. The van der Waals surface area contributed by atoms with Crippen LogP contribution >= 0.6 is 0 Å². The maximum absolute atomic E-state index is 13.8. The van der Waals surface area contributed by atoms with E-state index in [-0.39, 0.29) is 17.9 Å². The Morgan fingerprint density at radius 2 is 1.96 bits per heavy atom. The molecule has 0 aliphatic rings. The van der Waals surface area contributed by atoms with Gasteiger partial charge in [-0.3, -0.25) is 9.63 Å². The van der Waals surface area contributed by atoms with Crippen LogP contribution in [0.25, 0.3) is 0 Å². The molecule has 0 spiro atoms. The van der Waals surface area contributed by atoms with Crippen LogP contribution in [0.15, 0.2) is 42.5 Å². The van der Waals surface area contributed by atoms with Gasteiger partial charge in [-0.05, 0) is 49.4 Å². The summed E-state index contributed by atoms with van der Waals surface area (Å²) in [5.41, 5.74) is 2.37. The van der Waals surface area contributed by atoms with Crippen LogP contribution < -0.4 is 15.0 Å². The minimum absolute atomic E-state index is 0.00363. The van der Waals surface area contributed by atoms with Gasteiger partial charge in [0.2, 0.25) is 0 Å². The fraction of sp³-hybridized carbons (Fsp3) is 0.158. The number of amides is 1. The van der Waals surface area contributed by atoms with E-state index in [0.29, 0.717) is 11.5 Å². The molecule has 2 aromatic carbocycles. The van der Waals surface area contributed by atoms with E-state index in [0.717, 1.165) is 6.07 Å². The number of hydrogen-bond donors (Lipinski definition) is 1. The van der Waals surface area contributed by atoms with E-state index in [4.69, 9.17) is 26.0 Å². The highest BCUT2D eigenvalue weighted by atomic mass is 19.1. The third kappa shape index (κ3) is 5.23. The number of nitrogens with one attached hydrogen (secondary N) is 1. The predicted molar refractivity (Wildman–Crippen MR) is 90.6 cm³/mol. The number of nitrogens with zero attached hydrogens (tertiary/aromatic N) is 1. The molecule has 0 fully saturated rings. The topological polar surface area (TPSA) is 80.6 Å². The zero-order chi connectivity index (χ0) is 18.9. The van der Waals surface area contributed by atoms with Gasteiger partial charge in [0.15, 0.2) is 17.7 Å². The zero-order valence-electron chi connectivity index (χ0n) is 13.9. The van der Waals surface area contributed by atoms with Crippen LogP contribution in [0.5, 0.6) is 17.2 Å². The van der Waals surface area contributed by atoms with Crippen molar-refractivity contribution in [3.63, 3.8) is 0 Å². The van der Waals surface area contributed by atoms with Gasteiger partial charge < -0.3 is 9.47 Å². The molecule has 1 amide bonds. The third-order valence-corrected chi connectivity index (χ3v) is 3.12. The number of benzene rings is 2. The van der Waals surface area contributed by atoms with Gasteiger partial charge >= 0.3 is 0 Å². The molecule has 0 heterocycles. The molecule has 2 rings (SSSR count). The summed E-state index contributed by atoms with van der Waals surface area (Å²) in [6.45, 7) is 1.50. The van der Waals surface area contributed by atoms with Crippen LogP contribution in [0.4, 0.5) is 4.39 Å². The van der Waals surface area contributed by atoms with Gasteiger partial charge in [-0.25, -0.2) is 9.87 Å². The zero-order valence-corrected chi connectivity index (χ0v) is 13.9. The van der Waals surface area contributed by atoms with Crippen LogP contribution in [0.3, 0.4) is 0 Å². The van der Waals surface area contributed by atoms with Crippen molar-refractivity contribution in [1.29, 1.82) is 5.26 Å². The number of hydrogen-bond acceptors (Lipinski definition) is 5. The van der Waals surface area contributed by atoms with E-state index in [1.165, 1.54) is 12.1 Å². The van der Waals surface area contributed by atoms with E-state index < -0.39 is 17.8 Å². The minimum atomic E-state index is -0.810. The molecule has 0 unspecified atom stereocenters. The molecular weight excluding hydrogens is 339 g/mol. The number of nitriles is 1. The molecule has 0 aliphatic heterocycles. The van der Waals surface area contributed by atoms with Crippen molar-refractivity contribution in [3.8, 4) is 35.7 Å². The van der Waals surface area contributed by atoms with E-state index in [1.54, 1.807) is 31.2 Å². The van der Waals surface area contributed by atoms with Crippen LogP contribution in [-0.2, 0) is 9.63 Å². The number of rotatable bonds is 7. The summed E-state index contributed by atoms with van der Waals surface area (Å²) in [4.78, 5) is 16.4. The SMILES string of the molecule is C#CCONC(=O)[C@@H](C)Oc1ccc(Oc2ccc(C#N)cc2F)cc1. The first-order valence-electron chi connectivity index (χ1n) is 7.53. The number of carbonyl (C=O) groups excluding carboxylic acids is 1. The second kappa shape index (κ2) is 9.07. The molecule has 6 nitrogen and oxygen atoms in total. The average Bonchev–Trinajstić information content (AvgIpc) is 2.65. The number of ether oxygens (including phenoxy) is 2. The molecule has 0 saturated heterocycles. The van der Waals surface area contributed by atoms with Crippen molar-refractivity contribution < 1.29 is 23.5 Å². The van der Waals surface area contributed by atoms with Gasteiger partial charge in [-0.1, -0.05) is 5.92 Å². The lowest BCUT2D eigenvalue weighted by Gasteiger charge is -2.14. The molecule has 132 valence electrons. The maximum atomic E-state index is 13.8. The van der Waals surface area contributed by atoms with Crippen molar-refractivity contribution in [3.05, 3.63) is 53.8 Å². The highest BCUT2D eigenvalue weighted by molar-refractivity contribution is 5.79. The smallest absolute Gasteiger partial charge is 0.284 e. The molecule has 0 aliphatic carbocycles. The second-order valence-electron chi connectivity index (χ2n) is 5.05. The third-order valence-electron chi connectivity index (χ3n) is 3.12. The maximum Gasteiger partial charge on any atom is 0.284 e. The lowest BCUT2D eigenvalue weighted by atomic mass is 10.2. The fourth-order valence-electron chi connectivity index (χ4n) is 1.86. The van der Waals surface area contributed by atoms with Gasteiger partial charge in [0, 0.05) is 0 Å². The Morgan fingerprint density at radius 3 is 2.58 bits per heavy atom. The summed E-state index contributed by atoms with van der Waals surface area (Å²) in [5, 5.41) is 8.73. The molecule has 0 saturated carbocycles. The lowest BCUT2D eigenvalue weighted by Crippen LogP contribution is -2.36. The van der Waals surface area contributed by atoms with Crippen molar-refractivity contribution in [2.45, 2.75) is 13.0 Å².